The van der Waals surface area contributed by atoms with E-state index in [4.69, 9.17) is 0 Å². The normalized spacial score (nSPS) is 24.6. The van der Waals surface area contributed by atoms with Crippen LogP contribution in [-0.2, 0) is 27.8 Å². The quantitative estimate of drug-likeness (QED) is 0.348. The highest BCUT2D eigenvalue weighted by Gasteiger charge is 2.52. The number of piperidine rings is 1. The SMILES string of the molecule is CC1C(c2c(F)ccc(F)c2F)CC(NC(=O)c2cnc3c(c2)CC2(C3)C(=O)Nc3ncccc32)C(=O)N1CC(F)(F)F. The number of aromatic nitrogens is 2. The topological polar surface area (TPSA) is 104 Å². The molecule has 1 aromatic carbocycles. The van der Waals surface area contributed by atoms with Crippen molar-refractivity contribution in [2.75, 3.05) is 11.9 Å². The van der Waals surface area contributed by atoms with Crippen LogP contribution in [0.25, 0.3) is 0 Å². The Bertz CT molecular complexity index is 1680. The summed E-state index contributed by atoms with van der Waals surface area (Å²) < 4.78 is 83.8. The molecule has 2 aromatic heterocycles. The Labute approximate surface area is 240 Å². The predicted octanol–water partition coefficient (Wildman–Crippen LogP) is 3.95. The van der Waals surface area contributed by atoms with Gasteiger partial charge in [0.1, 0.15) is 24.2 Å². The fraction of sp³-hybridized carbons (Fsp3) is 0.345. The van der Waals surface area contributed by atoms with Crippen molar-refractivity contribution in [2.24, 2.45) is 0 Å². The van der Waals surface area contributed by atoms with Gasteiger partial charge in [-0.25, -0.2) is 18.2 Å². The summed E-state index contributed by atoms with van der Waals surface area (Å²) in [7, 11) is 0. The molecule has 4 atom stereocenters. The lowest BCUT2D eigenvalue weighted by molar-refractivity contribution is -0.170. The molecule has 1 fully saturated rings. The zero-order chi connectivity index (χ0) is 30.8. The lowest BCUT2D eigenvalue weighted by atomic mass is 9.80. The van der Waals surface area contributed by atoms with Crippen molar-refractivity contribution in [3.63, 3.8) is 0 Å². The molecule has 3 aromatic rings. The molecule has 8 nitrogen and oxygen atoms in total. The number of alkyl halides is 3. The molecular formula is C29H23F6N5O3. The number of hydrogen-bond donors (Lipinski definition) is 2. The molecule has 2 N–H and O–H groups in total. The summed E-state index contributed by atoms with van der Waals surface area (Å²) >= 11 is 0. The zero-order valence-electron chi connectivity index (χ0n) is 22.4. The first-order valence-electron chi connectivity index (χ1n) is 13.4. The molecule has 4 unspecified atom stereocenters. The second-order valence-corrected chi connectivity index (χ2v) is 11.1. The summed E-state index contributed by atoms with van der Waals surface area (Å²) in [5.74, 6) is -7.38. The van der Waals surface area contributed by atoms with Gasteiger partial charge in [0, 0.05) is 47.6 Å². The van der Waals surface area contributed by atoms with E-state index in [9.17, 15) is 40.7 Å². The smallest absolute Gasteiger partial charge is 0.340 e. The molecule has 14 heteroatoms. The standard InChI is InChI=1S/C29H23F6N5O3/c1-13-16(22-18(30)4-5-19(31)23(22)32)8-20(26(42)40(13)12-29(33,34)35)38-25(41)15-7-14-9-28(10-21(14)37-11-15)17-3-2-6-36-24(17)39-27(28)43/h2-7,11,13,16,20H,8-10,12H2,1H3,(H,38,41)(H,36,39,43). The average molecular weight is 604 g/mol. The number of amides is 3. The minimum atomic E-state index is -4.86. The minimum Gasteiger partial charge on any atom is -0.340 e. The first-order chi connectivity index (χ1) is 20.3. The van der Waals surface area contributed by atoms with E-state index in [1.54, 1.807) is 18.3 Å². The Balaban J connectivity index is 1.28. The number of benzene rings is 1. The number of nitrogens with one attached hydrogen (secondary N) is 2. The predicted molar refractivity (Wildman–Crippen MR) is 138 cm³/mol. The van der Waals surface area contributed by atoms with Crippen LogP contribution in [0.15, 0.2) is 42.7 Å². The molecule has 0 bridgehead atoms. The Hall–Kier alpha value is -4.49. The molecule has 224 valence electrons. The van der Waals surface area contributed by atoms with E-state index in [0.29, 0.717) is 39.7 Å². The number of carbonyl (C=O) groups is 3. The van der Waals surface area contributed by atoms with Gasteiger partial charge in [-0.2, -0.15) is 13.2 Å². The molecule has 2 aliphatic heterocycles. The van der Waals surface area contributed by atoms with Crippen LogP contribution in [0.1, 0.15) is 52.0 Å². The Morgan fingerprint density at radius 3 is 2.60 bits per heavy atom. The Kier molecular flexibility index (Phi) is 6.69. The highest BCUT2D eigenvalue weighted by Crippen LogP contribution is 2.46. The Morgan fingerprint density at radius 2 is 1.86 bits per heavy atom. The van der Waals surface area contributed by atoms with Crippen LogP contribution < -0.4 is 10.6 Å². The van der Waals surface area contributed by atoms with Gasteiger partial charge in [0.2, 0.25) is 11.8 Å². The second-order valence-electron chi connectivity index (χ2n) is 11.1. The van der Waals surface area contributed by atoms with Crippen molar-refractivity contribution in [1.82, 2.24) is 20.2 Å². The highest BCUT2D eigenvalue weighted by atomic mass is 19.4. The van der Waals surface area contributed by atoms with Crippen LogP contribution in [-0.4, -0.2) is 57.4 Å². The number of halogens is 6. The van der Waals surface area contributed by atoms with Gasteiger partial charge in [-0.05, 0) is 49.6 Å². The van der Waals surface area contributed by atoms with Crippen molar-refractivity contribution in [2.45, 2.75) is 55.8 Å². The van der Waals surface area contributed by atoms with E-state index in [1.807, 2.05) is 0 Å². The number of carbonyl (C=O) groups excluding carboxylic acids is 3. The molecule has 1 aliphatic carbocycles. The summed E-state index contributed by atoms with van der Waals surface area (Å²) in [6.07, 6.45) is -2.11. The zero-order valence-corrected chi connectivity index (χ0v) is 22.4. The van der Waals surface area contributed by atoms with Crippen molar-refractivity contribution < 1.29 is 40.7 Å². The van der Waals surface area contributed by atoms with Gasteiger partial charge in [0.25, 0.3) is 5.91 Å². The maximum Gasteiger partial charge on any atom is 0.406 e. The van der Waals surface area contributed by atoms with Crippen LogP contribution >= 0.6 is 0 Å². The summed E-state index contributed by atoms with van der Waals surface area (Å²) in [6.45, 7) is -0.557. The first-order valence-corrected chi connectivity index (χ1v) is 13.4. The lowest BCUT2D eigenvalue weighted by Gasteiger charge is -2.43. The fourth-order valence-corrected chi connectivity index (χ4v) is 6.43. The second kappa shape index (κ2) is 10.1. The maximum atomic E-state index is 14.7. The van der Waals surface area contributed by atoms with E-state index in [-0.39, 0.29) is 24.3 Å². The van der Waals surface area contributed by atoms with E-state index >= 15 is 0 Å². The third-order valence-electron chi connectivity index (χ3n) is 8.52. The lowest BCUT2D eigenvalue weighted by Crippen LogP contribution is -2.60. The molecule has 43 heavy (non-hydrogen) atoms. The summed E-state index contributed by atoms with van der Waals surface area (Å²) in [4.78, 5) is 48.4. The van der Waals surface area contributed by atoms with Gasteiger partial charge in [-0.15, -0.1) is 0 Å². The Morgan fingerprint density at radius 1 is 1.12 bits per heavy atom. The largest absolute Gasteiger partial charge is 0.406 e. The van der Waals surface area contributed by atoms with Crippen molar-refractivity contribution >= 4 is 23.5 Å². The van der Waals surface area contributed by atoms with Gasteiger partial charge in [0.15, 0.2) is 11.6 Å². The molecule has 1 spiro atoms. The van der Waals surface area contributed by atoms with E-state index in [0.717, 1.165) is 0 Å². The van der Waals surface area contributed by atoms with Gasteiger partial charge in [-0.3, -0.25) is 19.4 Å². The van der Waals surface area contributed by atoms with Crippen LogP contribution in [0.4, 0.5) is 32.2 Å². The van der Waals surface area contributed by atoms with Crippen molar-refractivity contribution in [3.05, 3.63) is 88.1 Å². The average Bonchev–Trinajstić information content (AvgIpc) is 3.47. The number of pyridine rings is 2. The molecule has 3 aliphatic rings. The van der Waals surface area contributed by atoms with Gasteiger partial charge >= 0.3 is 6.18 Å². The van der Waals surface area contributed by atoms with Crippen LogP contribution in [0, 0.1) is 17.5 Å². The molecule has 0 radical (unpaired) electrons. The molecule has 3 amide bonds. The summed E-state index contributed by atoms with van der Waals surface area (Å²) in [5, 5.41) is 5.14. The van der Waals surface area contributed by atoms with Crippen LogP contribution in [0.2, 0.25) is 0 Å². The van der Waals surface area contributed by atoms with E-state index in [2.05, 4.69) is 20.6 Å². The number of hydrogen-bond acceptors (Lipinski definition) is 5. The summed E-state index contributed by atoms with van der Waals surface area (Å²) in [5.41, 5.74) is 0.0460. The third kappa shape index (κ3) is 4.78. The van der Waals surface area contributed by atoms with Crippen molar-refractivity contribution in [1.29, 1.82) is 0 Å². The molecule has 4 heterocycles. The fourth-order valence-electron chi connectivity index (χ4n) is 6.43. The molecule has 1 saturated heterocycles. The maximum absolute atomic E-state index is 14.7. The third-order valence-corrected chi connectivity index (χ3v) is 8.52. The minimum absolute atomic E-state index is 0.0333. The first kappa shape index (κ1) is 28.6. The van der Waals surface area contributed by atoms with E-state index < -0.39 is 77.4 Å². The number of fused-ring (bicyclic) bond motifs is 3. The van der Waals surface area contributed by atoms with Gasteiger partial charge < -0.3 is 15.5 Å². The highest BCUT2D eigenvalue weighted by molar-refractivity contribution is 6.06. The van der Waals surface area contributed by atoms with E-state index in [1.165, 1.54) is 19.2 Å². The monoisotopic (exact) mass is 603 g/mol. The van der Waals surface area contributed by atoms with Gasteiger partial charge in [-0.1, -0.05) is 6.07 Å². The molecular weight excluding hydrogens is 580 g/mol. The van der Waals surface area contributed by atoms with Gasteiger partial charge in [0.05, 0.1) is 11.0 Å². The molecule has 0 saturated carbocycles. The summed E-state index contributed by atoms with van der Waals surface area (Å²) in [6, 6.07) is 3.19. The number of likely N-dealkylation sites (tertiary alicyclic amines) is 1. The van der Waals surface area contributed by atoms with Crippen LogP contribution in [0.3, 0.4) is 0 Å². The number of nitrogens with zero attached hydrogens (tertiary/aromatic N) is 3. The molecule has 6 rings (SSSR count). The van der Waals surface area contributed by atoms with Crippen molar-refractivity contribution in [3.8, 4) is 0 Å². The number of anilines is 1. The van der Waals surface area contributed by atoms with Crippen LogP contribution in [0.5, 0.6) is 0 Å². The number of rotatable bonds is 4.